The Kier molecular flexibility index (Phi) is 10.1. The second kappa shape index (κ2) is 13.0. The quantitative estimate of drug-likeness (QED) is 0.253. The summed E-state index contributed by atoms with van der Waals surface area (Å²) in [6, 6.07) is 30.4. The normalized spacial score (nSPS) is 10.6. The van der Waals surface area contributed by atoms with Crippen molar-refractivity contribution in [3.8, 4) is 11.5 Å². The molecule has 0 aliphatic carbocycles. The molecule has 0 aromatic heterocycles. The molecule has 34 heavy (non-hydrogen) atoms. The number of rotatable bonds is 9. The van der Waals surface area contributed by atoms with Crippen LogP contribution in [0.25, 0.3) is 0 Å². The zero-order valence-corrected chi connectivity index (χ0v) is 21.1. The van der Waals surface area contributed by atoms with Crippen LogP contribution >= 0.6 is 31.8 Å². The van der Waals surface area contributed by atoms with Crippen LogP contribution in [-0.4, -0.2) is 5.52 Å². The second-order valence-electron chi connectivity index (χ2n) is 7.26. The molecule has 0 N–H and O–H groups in total. The Bertz CT molecular complexity index is 1220. The minimum Gasteiger partial charge on any atom is -0.489 e. The van der Waals surface area contributed by atoms with Crippen LogP contribution in [0.5, 0.6) is 11.5 Å². The molecule has 0 saturated heterocycles. The van der Waals surface area contributed by atoms with E-state index < -0.39 is 0 Å². The molecule has 0 aliphatic heterocycles. The van der Waals surface area contributed by atoms with E-state index in [0.29, 0.717) is 40.3 Å². The predicted molar refractivity (Wildman–Crippen MR) is 137 cm³/mol. The van der Waals surface area contributed by atoms with E-state index >= 15 is 0 Å². The van der Waals surface area contributed by atoms with Crippen molar-refractivity contribution in [2.24, 2.45) is 0 Å². The number of carbonyl (C=O) groups is 1. The first kappa shape index (κ1) is 26.4. The van der Waals surface area contributed by atoms with Gasteiger partial charge in [-0.1, -0.05) is 89.9 Å². The first-order chi connectivity index (χ1) is 16.1. The van der Waals surface area contributed by atoms with Crippen LogP contribution in [0.3, 0.4) is 0 Å². The van der Waals surface area contributed by atoms with Crippen molar-refractivity contribution in [2.75, 3.05) is 0 Å². The van der Waals surface area contributed by atoms with Gasteiger partial charge in [0, 0.05) is 11.4 Å². The number of hydrogen-bond donors (Lipinski definition) is 0. The SMILES string of the molecule is O=C(Pc1ccc(OCc2ccccc2)cc1OCc1ccccc1)c1c(Cl)cccc1Cl.[Li+]. The van der Waals surface area contributed by atoms with Gasteiger partial charge in [0.05, 0.1) is 15.6 Å². The molecule has 4 rings (SSSR count). The van der Waals surface area contributed by atoms with Crippen LogP contribution < -0.4 is 33.6 Å². The van der Waals surface area contributed by atoms with Gasteiger partial charge < -0.3 is 9.47 Å². The monoisotopic (exact) mass is 501 g/mol. The first-order valence-electron chi connectivity index (χ1n) is 10.3. The van der Waals surface area contributed by atoms with Gasteiger partial charge in [0.2, 0.25) is 0 Å². The standard InChI is InChI=1S/C27H21Cl2O3P.Li/c28-22-12-7-13-23(29)26(22)27(30)33-25-15-14-21(31-17-19-8-3-1-4-9-19)16-24(25)32-18-20-10-5-2-6-11-20;/h1-16,33H,17-18H2;/q;+1. The zero-order chi connectivity index (χ0) is 23.0. The van der Waals surface area contributed by atoms with Crippen LogP contribution in [0.4, 0.5) is 0 Å². The van der Waals surface area contributed by atoms with Gasteiger partial charge in [-0.15, -0.1) is 0 Å². The summed E-state index contributed by atoms with van der Waals surface area (Å²) in [5, 5.41) is 1.45. The number of benzene rings is 4. The fourth-order valence-electron chi connectivity index (χ4n) is 3.19. The molecule has 4 aromatic rings. The van der Waals surface area contributed by atoms with Gasteiger partial charge >= 0.3 is 18.9 Å². The summed E-state index contributed by atoms with van der Waals surface area (Å²) in [5.74, 6) is 1.26. The van der Waals surface area contributed by atoms with Gasteiger partial charge in [-0.05, 0) is 44.0 Å². The van der Waals surface area contributed by atoms with Crippen molar-refractivity contribution < 1.29 is 33.1 Å². The summed E-state index contributed by atoms with van der Waals surface area (Å²) in [7, 11) is -0.202. The predicted octanol–water partition coefficient (Wildman–Crippen LogP) is 4.30. The maximum atomic E-state index is 13.0. The average Bonchev–Trinajstić information content (AvgIpc) is 2.83. The smallest absolute Gasteiger partial charge is 0.489 e. The van der Waals surface area contributed by atoms with Crippen LogP contribution in [0.1, 0.15) is 21.5 Å². The van der Waals surface area contributed by atoms with Crippen molar-refractivity contribution in [3.63, 3.8) is 0 Å². The molecule has 7 heteroatoms. The molecule has 0 spiro atoms. The van der Waals surface area contributed by atoms with E-state index in [9.17, 15) is 4.79 Å². The molecule has 0 saturated carbocycles. The Morgan fingerprint density at radius 1 is 0.706 bits per heavy atom. The van der Waals surface area contributed by atoms with Crippen molar-refractivity contribution in [1.29, 1.82) is 0 Å². The van der Waals surface area contributed by atoms with Gasteiger partial charge in [0.25, 0.3) is 0 Å². The number of ether oxygens (including phenoxy) is 2. The van der Waals surface area contributed by atoms with Crippen LogP contribution in [0, 0.1) is 0 Å². The molecule has 0 bridgehead atoms. The van der Waals surface area contributed by atoms with Crippen molar-refractivity contribution in [1.82, 2.24) is 0 Å². The van der Waals surface area contributed by atoms with Gasteiger partial charge in [0.15, 0.2) is 5.52 Å². The fraction of sp³-hybridized carbons (Fsp3) is 0.0741. The third kappa shape index (κ3) is 7.13. The van der Waals surface area contributed by atoms with E-state index in [2.05, 4.69) is 0 Å². The van der Waals surface area contributed by atoms with E-state index in [1.54, 1.807) is 18.2 Å². The summed E-state index contributed by atoms with van der Waals surface area (Å²) in [5.41, 5.74) is 2.28. The van der Waals surface area contributed by atoms with Crippen molar-refractivity contribution >= 4 is 42.6 Å². The number of hydrogen-bond acceptors (Lipinski definition) is 3. The molecular weight excluding hydrogens is 481 g/mol. The molecule has 0 fully saturated rings. The summed E-state index contributed by atoms with van der Waals surface area (Å²) in [6.45, 7) is 0.816. The van der Waals surface area contributed by atoms with Crippen LogP contribution in [-0.2, 0) is 13.2 Å². The van der Waals surface area contributed by atoms with Crippen LogP contribution in [0.2, 0.25) is 10.0 Å². The van der Waals surface area contributed by atoms with Crippen molar-refractivity contribution in [2.45, 2.75) is 13.2 Å². The minimum absolute atomic E-state index is 0. The third-order valence-electron chi connectivity index (χ3n) is 4.88. The molecular formula is C27H21Cl2LiO3P+. The van der Waals surface area contributed by atoms with Crippen LogP contribution in [0.15, 0.2) is 97.1 Å². The first-order valence-corrected chi connectivity index (χ1v) is 12.1. The summed E-state index contributed by atoms with van der Waals surface area (Å²) in [4.78, 5) is 13.0. The van der Waals surface area contributed by atoms with E-state index in [1.165, 1.54) is 0 Å². The zero-order valence-electron chi connectivity index (χ0n) is 18.6. The molecule has 3 nitrogen and oxygen atoms in total. The van der Waals surface area contributed by atoms with Gasteiger partial charge in [0.1, 0.15) is 24.7 Å². The Hall–Kier alpha value is -2.24. The molecule has 166 valence electrons. The summed E-state index contributed by atoms with van der Waals surface area (Å²) < 4.78 is 12.1. The third-order valence-corrected chi connectivity index (χ3v) is 6.67. The molecule has 0 amide bonds. The number of halogens is 2. The number of carbonyl (C=O) groups excluding carboxylic acids is 1. The van der Waals surface area contributed by atoms with E-state index in [-0.39, 0.29) is 33.0 Å². The fourth-order valence-corrected chi connectivity index (χ4v) is 4.99. The Labute approximate surface area is 223 Å². The molecule has 0 aliphatic rings. The average molecular weight is 502 g/mol. The Balaban J connectivity index is 0.00000324. The maximum Gasteiger partial charge on any atom is 1.00 e. The molecule has 1 unspecified atom stereocenters. The second-order valence-corrected chi connectivity index (χ2v) is 9.31. The van der Waals surface area contributed by atoms with E-state index in [1.807, 2.05) is 78.9 Å². The Morgan fingerprint density at radius 3 is 1.85 bits per heavy atom. The van der Waals surface area contributed by atoms with E-state index in [4.69, 9.17) is 32.7 Å². The van der Waals surface area contributed by atoms with E-state index in [0.717, 1.165) is 16.4 Å². The minimum atomic E-state index is -0.202. The molecule has 1 atom stereocenters. The maximum absolute atomic E-state index is 13.0. The van der Waals surface area contributed by atoms with Gasteiger partial charge in [-0.25, -0.2) is 0 Å². The molecule has 0 heterocycles. The molecule has 4 aromatic carbocycles. The summed E-state index contributed by atoms with van der Waals surface area (Å²) >= 11 is 12.5. The Morgan fingerprint density at radius 2 is 1.26 bits per heavy atom. The molecule has 0 radical (unpaired) electrons. The van der Waals surface area contributed by atoms with Crippen molar-refractivity contribution in [3.05, 3.63) is 124 Å². The topological polar surface area (TPSA) is 35.5 Å². The summed E-state index contributed by atoms with van der Waals surface area (Å²) in [6.07, 6.45) is 0. The van der Waals surface area contributed by atoms with Gasteiger partial charge in [-0.2, -0.15) is 0 Å². The largest absolute Gasteiger partial charge is 1.00 e. The van der Waals surface area contributed by atoms with Gasteiger partial charge in [-0.3, -0.25) is 4.79 Å².